The molecule has 1 rings (SSSR count). The highest BCUT2D eigenvalue weighted by atomic mass is 16.7. The highest BCUT2D eigenvalue weighted by molar-refractivity contribution is 4.66. The minimum Gasteiger partial charge on any atom is -0.382 e. The second kappa shape index (κ2) is 5.49. The van der Waals surface area contributed by atoms with Crippen LogP contribution in [-0.4, -0.2) is 46.4 Å². The maximum absolute atomic E-state index is 5.10. The molecule has 1 aliphatic heterocycles. The van der Waals surface area contributed by atoms with Crippen molar-refractivity contribution in [2.24, 2.45) is 0 Å². The Kier molecular flexibility index (Phi) is 4.45. The summed E-state index contributed by atoms with van der Waals surface area (Å²) in [5.41, 5.74) is 0. The number of rotatable bonds is 7. The van der Waals surface area contributed by atoms with Crippen molar-refractivity contribution >= 4 is 0 Å². The molecule has 0 spiro atoms. The Labute approximate surface area is 66.4 Å². The number of hydrogen-bond acceptors (Lipinski definition) is 4. The third-order valence-electron chi connectivity index (χ3n) is 1.30. The first kappa shape index (κ1) is 8.93. The van der Waals surface area contributed by atoms with E-state index >= 15 is 0 Å². The van der Waals surface area contributed by atoms with Crippen molar-refractivity contribution in [3.8, 4) is 0 Å². The van der Waals surface area contributed by atoms with E-state index < -0.39 is 0 Å². The van der Waals surface area contributed by atoms with Crippen molar-refractivity contribution in [2.75, 3.05) is 40.3 Å². The number of ether oxygens (including phenoxy) is 4. The summed E-state index contributed by atoms with van der Waals surface area (Å²) in [6.45, 7) is 3.01. The summed E-state index contributed by atoms with van der Waals surface area (Å²) in [5, 5.41) is 0. The molecule has 0 saturated carbocycles. The predicted molar refractivity (Wildman–Crippen MR) is 38.4 cm³/mol. The van der Waals surface area contributed by atoms with Gasteiger partial charge in [-0.05, 0) is 0 Å². The van der Waals surface area contributed by atoms with Crippen LogP contribution in [0, 0.1) is 0 Å². The Morgan fingerprint density at radius 2 is 2.18 bits per heavy atom. The van der Waals surface area contributed by atoms with Crippen LogP contribution in [0.15, 0.2) is 0 Å². The first-order valence-electron chi connectivity index (χ1n) is 3.69. The van der Waals surface area contributed by atoms with E-state index in [9.17, 15) is 0 Å². The largest absolute Gasteiger partial charge is 0.382 e. The van der Waals surface area contributed by atoms with Crippen molar-refractivity contribution in [2.45, 2.75) is 6.10 Å². The van der Waals surface area contributed by atoms with Gasteiger partial charge in [-0.25, -0.2) is 0 Å². The lowest BCUT2D eigenvalue weighted by Crippen LogP contribution is -2.08. The number of methoxy groups -OCH3 is 1. The molecule has 66 valence electrons. The molecule has 1 saturated heterocycles. The molecule has 1 aliphatic rings. The van der Waals surface area contributed by atoms with Crippen LogP contribution < -0.4 is 0 Å². The molecule has 4 heteroatoms. The fourth-order valence-corrected chi connectivity index (χ4v) is 0.604. The van der Waals surface area contributed by atoms with E-state index in [1.807, 2.05) is 0 Å². The highest BCUT2D eigenvalue weighted by Gasteiger charge is 2.21. The van der Waals surface area contributed by atoms with Crippen LogP contribution in [0.1, 0.15) is 0 Å². The SMILES string of the molecule is COCCOCOC[C@H]1CO1. The van der Waals surface area contributed by atoms with Gasteiger partial charge in [-0.15, -0.1) is 0 Å². The summed E-state index contributed by atoms with van der Waals surface area (Å²) < 4.78 is 19.9. The van der Waals surface area contributed by atoms with Crippen molar-refractivity contribution < 1.29 is 18.9 Å². The molecule has 0 aromatic heterocycles. The van der Waals surface area contributed by atoms with E-state index in [0.717, 1.165) is 6.61 Å². The maximum Gasteiger partial charge on any atom is 0.146 e. The van der Waals surface area contributed by atoms with Gasteiger partial charge in [0, 0.05) is 7.11 Å². The zero-order valence-electron chi connectivity index (χ0n) is 6.75. The van der Waals surface area contributed by atoms with E-state index in [2.05, 4.69) is 0 Å². The molecule has 1 fully saturated rings. The number of epoxide rings is 1. The Morgan fingerprint density at radius 3 is 2.82 bits per heavy atom. The van der Waals surface area contributed by atoms with Gasteiger partial charge in [0.25, 0.3) is 0 Å². The fourth-order valence-electron chi connectivity index (χ4n) is 0.604. The van der Waals surface area contributed by atoms with Gasteiger partial charge >= 0.3 is 0 Å². The fraction of sp³-hybridized carbons (Fsp3) is 1.00. The molecule has 0 N–H and O–H groups in total. The van der Waals surface area contributed by atoms with Gasteiger partial charge in [-0.1, -0.05) is 0 Å². The van der Waals surface area contributed by atoms with Gasteiger partial charge in [0.05, 0.1) is 26.4 Å². The average Bonchev–Trinajstić information content (AvgIpc) is 2.80. The summed E-state index contributed by atoms with van der Waals surface area (Å²) in [5.74, 6) is 0. The van der Waals surface area contributed by atoms with E-state index in [0.29, 0.717) is 32.7 Å². The van der Waals surface area contributed by atoms with Crippen molar-refractivity contribution in [3.05, 3.63) is 0 Å². The highest BCUT2D eigenvalue weighted by Crippen LogP contribution is 2.07. The van der Waals surface area contributed by atoms with Gasteiger partial charge in [0.15, 0.2) is 0 Å². The lowest BCUT2D eigenvalue weighted by atomic mass is 10.5. The monoisotopic (exact) mass is 162 g/mol. The summed E-state index contributed by atoms with van der Waals surface area (Å²) in [7, 11) is 1.64. The van der Waals surface area contributed by atoms with E-state index in [1.165, 1.54) is 0 Å². The molecule has 0 radical (unpaired) electrons. The number of hydrogen-bond donors (Lipinski definition) is 0. The average molecular weight is 162 g/mol. The minimum absolute atomic E-state index is 0.320. The summed E-state index contributed by atoms with van der Waals surface area (Å²) in [6, 6.07) is 0. The quantitative estimate of drug-likeness (QED) is 0.300. The first-order chi connectivity index (χ1) is 5.43. The van der Waals surface area contributed by atoms with Gasteiger partial charge in [-0.2, -0.15) is 0 Å². The Morgan fingerprint density at radius 1 is 1.36 bits per heavy atom. The van der Waals surface area contributed by atoms with Crippen LogP contribution in [0.2, 0.25) is 0 Å². The van der Waals surface area contributed by atoms with Gasteiger partial charge in [-0.3, -0.25) is 0 Å². The molecule has 1 atom stereocenters. The molecule has 0 unspecified atom stereocenters. The van der Waals surface area contributed by atoms with E-state index in [4.69, 9.17) is 18.9 Å². The molecule has 0 aromatic carbocycles. The summed E-state index contributed by atoms with van der Waals surface area (Å²) >= 11 is 0. The van der Waals surface area contributed by atoms with Crippen LogP contribution in [-0.2, 0) is 18.9 Å². The van der Waals surface area contributed by atoms with Crippen LogP contribution in [0.5, 0.6) is 0 Å². The lowest BCUT2D eigenvalue weighted by molar-refractivity contribution is -0.0688. The predicted octanol–water partition coefficient (Wildman–Crippen LogP) is 0.0223. The summed E-state index contributed by atoms with van der Waals surface area (Å²) in [6.07, 6.45) is 0.320. The van der Waals surface area contributed by atoms with Crippen molar-refractivity contribution in [3.63, 3.8) is 0 Å². The first-order valence-corrected chi connectivity index (χ1v) is 3.69. The van der Waals surface area contributed by atoms with Crippen molar-refractivity contribution in [1.82, 2.24) is 0 Å². The molecule has 1 heterocycles. The Hall–Kier alpha value is -0.160. The summed E-state index contributed by atoms with van der Waals surface area (Å²) in [4.78, 5) is 0. The minimum atomic E-state index is 0.320. The van der Waals surface area contributed by atoms with Crippen LogP contribution in [0.3, 0.4) is 0 Å². The Balaban J connectivity index is 1.66. The zero-order chi connectivity index (χ0) is 7.94. The molecule has 4 nitrogen and oxygen atoms in total. The second-order valence-corrected chi connectivity index (χ2v) is 2.35. The Bertz CT molecular complexity index is 92.4. The zero-order valence-corrected chi connectivity index (χ0v) is 6.75. The second-order valence-electron chi connectivity index (χ2n) is 2.35. The molecule has 0 bridgehead atoms. The van der Waals surface area contributed by atoms with Crippen molar-refractivity contribution in [1.29, 1.82) is 0 Å². The molecule has 0 aliphatic carbocycles. The van der Waals surface area contributed by atoms with Gasteiger partial charge in [0.1, 0.15) is 12.9 Å². The normalized spacial score (nSPS) is 22.1. The third kappa shape index (κ3) is 5.15. The molecular formula is C7H14O4. The molecular weight excluding hydrogens is 148 g/mol. The van der Waals surface area contributed by atoms with E-state index in [1.54, 1.807) is 7.11 Å². The smallest absolute Gasteiger partial charge is 0.146 e. The molecule has 0 aromatic rings. The molecule has 11 heavy (non-hydrogen) atoms. The van der Waals surface area contributed by atoms with Crippen LogP contribution in [0.25, 0.3) is 0 Å². The lowest BCUT2D eigenvalue weighted by Gasteiger charge is -2.02. The third-order valence-corrected chi connectivity index (χ3v) is 1.30. The van der Waals surface area contributed by atoms with E-state index in [-0.39, 0.29) is 0 Å². The van der Waals surface area contributed by atoms with Gasteiger partial charge in [0.2, 0.25) is 0 Å². The standard InChI is InChI=1S/C7H14O4/c1-8-2-3-9-6-10-4-7-5-11-7/h7H,2-6H2,1H3/t7-/m0/s1. The van der Waals surface area contributed by atoms with Gasteiger partial charge < -0.3 is 18.9 Å². The maximum atomic E-state index is 5.10. The van der Waals surface area contributed by atoms with Crippen LogP contribution in [0.4, 0.5) is 0 Å². The van der Waals surface area contributed by atoms with Crippen LogP contribution >= 0.6 is 0 Å². The molecule has 0 amide bonds. The topological polar surface area (TPSA) is 40.2 Å².